The summed E-state index contributed by atoms with van der Waals surface area (Å²) in [6.07, 6.45) is 0. The first-order valence-electron chi connectivity index (χ1n) is 17.8. The Morgan fingerprint density at radius 1 is 0.308 bits per heavy atom. The summed E-state index contributed by atoms with van der Waals surface area (Å²) in [5.41, 5.74) is 12.0. The van der Waals surface area contributed by atoms with Crippen molar-refractivity contribution in [3.8, 4) is 33.4 Å². The SMILES string of the molecule is c1ccc(-c2ccc(N(c3ccc(-c4ccccc4)cc3)c3c(-c4cccc5c4ccc4ccccc45)ccc4oc5ccccc5c34)cc2)cc1. The smallest absolute Gasteiger partial charge is 0.137 e. The van der Waals surface area contributed by atoms with E-state index >= 15 is 0 Å². The first kappa shape index (κ1) is 30.0. The number of furan rings is 1. The van der Waals surface area contributed by atoms with Gasteiger partial charge in [-0.15, -0.1) is 0 Å². The van der Waals surface area contributed by atoms with Crippen LogP contribution in [0.4, 0.5) is 17.1 Å². The lowest BCUT2D eigenvalue weighted by atomic mass is 9.92. The predicted molar refractivity (Wildman–Crippen MR) is 220 cm³/mol. The van der Waals surface area contributed by atoms with E-state index in [0.717, 1.165) is 44.6 Å². The van der Waals surface area contributed by atoms with Gasteiger partial charge in [-0.3, -0.25) is 0 Å². The normalized spacial score (nSPS) is 11.5. The van der Waals surface area contributed by atoms with Crippen LogP contribution >= 0.6 is 0 Å². The zero-order valence-electron chi connectivity index (χ0n) is 28.4. The molecule has 9 aromatic carbocycles. The number of nitrogens with zero attached hydrogens (tertiary/aromatic N) is 1. The molecule has 0 atom stereocenters. The fraction of sp³-hybridized carbons (Fsp3) is 0. The van der Waals surface area contributed by atoms with Gasteiger partial charge in [-0.1, -0.05) is 158 Å². The van der Waals surface area contributed by atoms with Gasteiger partial charge in [-0.05, 0) is 91.8 Å². The quantitative estimate of drug-likeness (QED) is 0.165. The molecule has 0 saturated carbocycles. The summed E-state index contributed by atoms with van der Waals surface area (Å²) in [6, 6.07) is 71.7. The van der Waals surface area contributed by atoms with Gasteiger partial charge < -0.3 is 9.32 Å². The van der Waals surface area contributed by atoms with E-state index in [1.165, 1.54) is 49.4 Å². The zero-order chi connectivity index (χ0) is 34.4. The second kappa shape index (κ2) is 12.5. The Hall–Kier alpha value is -6.90. The molecule has 10 aromatic rings. The molecule has 0 amide bonds. The van der Waals surface area contributed by atoms with Crippen LogP contribution in [0.3, 0.4) is 0 Å². The molecular formula is C50H33NO. The minimum absolute atomic E-state index is 0.859. The molecule has 0 spiro atoms. The molecule has 0 aliphatic carbocycles. The lowest BCUT2D eigenvalue weighted by molar-refractivity contribution is 0.669. The summed E-state index contributed by atoms with van der Waals surface area (Å²) in [4.78, 5) is 2.42. The molecule has 52 heavy (non-hydrogen) atoms. The maximum absolute atomic E-state index is 6.58. The first-order valence-corrected chi connectivity index (χ1v) is 17.8. The zero-order valence-corrected chi connectivity index (χ0v) is 28.4. The Balaban J connectivity index is 1.27. The summed E-state index contributed by atoms with van der Waals surface area (Å²) in [5.74, 6) is 0. The number of benzene rings is 9. The molecule has 1 aromatic heterocycles. The molecule has 10 rings (SSSR count). The van der Waals surface area contributed by atoms with Crippen LogP contribution in [0, 0.1) is 0 Å². The van der Waals surface area contributed by atoms with E-state index in [9.17, 15) is 0 Å². The van der Waals surface area contributed by atoms with Crippen LogP contribution in [0.25, 0.3) is 76.9 Å². The number of para-hydroxylation sites is 1. The molecule has 0 unspecified atom stereocenters. The largest absolute Gasteiger partial charge is 0.456 e. The van der Waals surface area contributed by atoms with Crippen molar-refractivity contribution in [1.29, 1.82) is 0 Å². The summed E-state index contributed by atoms with van der Waals surface area (Å²) < 4.78 is 6.58. The van der Waals surface area contributed by atoms with Crippen LogP contribution in [-0.2, 0) is 0 Å². The van der Waals surface area contributed by atoms with E-state index in [4.69, 9.17) is 4.42 Å². The Kier molecular flexibility index (Phi) is 7.18. The van der Waals surface area contributed by atoms with E-state index in [-0.39, 0.29) is 0 Å². The molecule has 244 valence electrons. The highest BCUT2D eigenvalue weighted by Crippen LogP contribution is 2.50. The predicted octanol–water partition coefficient (Wildman–Crippen LogP) is 14.4. The third-order valence-corrected chi connectivity index (χ3v) is 10.3. The van der Waals surface area contributed by atoms with Crippen molar-refractivity contribution in [3.63, 3.8) is 0 Å². The average molecular weight is 664 g/mol. The van der Waals surface area contributed by atoms with Gasteiger partial charge in [0.2, 0.25) is 0 Å². The van der Waals surface area contributed by atoms with Crippen molar-refractivity contribution < 1.29 is 4.42 Å². The molecule has 0 fully saturated rings. The maximum atomic E-state index is 6.58. The fourth-order valence-corrected chi connectivity index (χ4v) is 7.80. The minimum Gasteiger partial charge on any atom is -0.456 e. The van der Waals surface area contributed by atoms with Gasteiger partial charge >= 0.3 is 0 Å². The third kappa shape index (κ3) is 5.04. The topological polar surface area (TPSA) is 16.4 Å². The summed E-state index contributed by atoms with van der Waals surface area (Å²) >= 11 is 0. The fourth-order valence-electron chi connectivity index (χ4n) is 7.80. The molecular weight excluding hydrogens is 631 g/mol. The molecule has 0 aliphatic heterocycles. The van der Waals surface area contributed by atoms with Gasteiger partial charge in [0, 0.05) is 22.3 Å². The van der Waals surface area contributed by atoms with E-state index in [2.05, 4.69) is 199 Å². The van der Waals surface area contributed by atoms with Gasteiger partial charge in [0.25, 0.3) is 0 Å². The molecule has 0 N–H and O–H groups in total. The molecule has 2 heteroatoms. The van der Waals surface area contributed by atoms with Crippen molar-refractivity contribution in [1.82, 2.24) is 0 Å². The highest BCUT2D eigenvalue weighted by atomic mass is 16.3. The van der Waals surface area contributed by atoms with Gasteiger partial charge in [0.1, 0.15) is 11.2 Å². The Morgan fingerprint density at radius 3 is 1.54 bits per heavy atom. The van der Waals surface area contributed by atoms with Gasteiger partial charge in [-0.25, -0.2) is 0 Å². The first-order chi connectivity index (χ1) is 25.8. The highest BCUT2D eigenvalue weighted by molar-refractivity contribution is 6.20. The van der Waals surface area contributed by atoms with Crippen molar-refractivity contribution in [2.75, 3.05) is 4.90 Å². The maximum Gasteiger partial charge on any atom is 0.137 e. The van der Waals surface area contributed by atoms with Gasteiger partial charge in [0.15, 0.2) is 0 Å². The molecule has 2 nitrogen and oxygen atoms in total. The lowest BCUT2D eigenvalue weighted by Crippen LogP contribution is -2.12. The summed E-state index contributed by atoms with van der Waals surface area (Å²) in [5, 5.41) is 7.13. The minimum atomic E-state index is 0.859. The molecule has 1 heterocycles. The second-order valence-electron chi connectivity index (χ2n) is 13.3. The van der Waals surface area contributed by atoms with Crippen LogP contribution < -0.4 is 4.90 Å². The molecule has 0 aliphatic rings. The van der Waals surface area contributed by atoms with Crippen LogP contribution in [-0.4, -0.2) is 0 Å². The van der Waals surface area contributed by atoms with E-state index in [1.807, 2.05) is 6.07 Å². The Labute approximate surface area is 302 Å². The van der Waals surface area contributed by atoms with E-state index in [1.54, 1.807) is 0 Å². The van der Waals surface area contributed by atoms with Crippen LogP contribution in [0.2, 0.25) is 0 Å². The Bertz CT molecular complexity index is 2790. The van der Waals surface area contributed by atoms with Gasteiger partial charge in [0.05, 0.1) is 11.1 Å². The summed E-state index contributed by atoms with van der Waals surface area (Å²) in [6.45, 7) is 0. The van der Waals surface area contributed by atoms with Crippen LogP contribution in [0.1, 0.15) is 0 Å². The Morgan fingerprint density at radius 2 is 0.865 bits per heavy atom. The number of fused-ring (bicyclic) bond motifs is 6. The molecule has 0 saturated heterocycles. The summed E-state index contributed by atoms with van der Waals surface area (Å²) in [7, 11) is 0. The second-order valence-corrected chi connectivity index (χ2v) is 13.3. The molecule has 0 radical (unpaired) electrons. The van der Waals surface area contributed by atoms with Crippen LogP contribution in [0.15, 0.2) is 205 Å². The van der Waals surface area contributed by atoms with E-state index < -0.39 is 0 Å². The number of hydrogen-bond donors (Lipinski definition) is 0. The van der Waals surface area contributed by atoms with Crippen LogP contribution in [0.5, 0.6) is 0 Å². The van der Waals surface area contributed by atoms with Gasteiger partial charge in [-0.2, -0.15) is 0 Å². The standard InChI is InChI=1S/C50H33NO/c1-3-12-34(13-4-1)36-22-27-39(28-23-36)51(40-29-24-37(25-30-40)35-14-5-2-6-15-35)50-45(32-33-48-49(50)46-18-9-10-21-47(46)52-48)43-20-11-19-42-41-17-8-7-16-38(41)26-31-44(42)43/h1-33H. The monoisotopic (exact) mass is 663 g/mol. The number of anilines is 3. The van der Waals surface area contributed by atoms with Crippen molar-refractivity contribution in [2.45, 2.75) is 0 Å². The number of rotatable bonds is 6. The highest BCUT2D eigenvalue weighted by Gasteiger charge is 2.25. The van der Waals surface area contributed by atoms with Crippen molar-refractivity contribution in [3.05, 3.63) is 200 Å². The molecule has 0 bridgehead atoms. The van der Waals surface area contributed by atoms with Crippen molar-refractivity contribution >= 4 is 60.5 Å². The third-order valence-electron chi connectivity index (χ3n) is 10.3. The van der Waals surface area contributed by atoms with E-state index in [0.29, 0.717) is 0 Å². The average Bonchev–Trinajstić information content (AvgIpc) is 3.61. The number of hydrogen-bond acceptors (Lipinski definition) is 2. The lowest BCUT2D eigenvalue weighted by Gasteiger charge is -2.29. The van der Waals surface area contributed by atoms with Crippen molar-refractivity contribution in [2.24, 2.45) is 0 Å².